The van der Waals surface area contributed by atoms with Gasteiger partial charge in [-0.15, -0.1) is 0 Å². The van der Waals surface area contributed by atoms with E-state index < -0.39 is 0 Å². The van der Waals surface area contributed by atoms with Crippen LogP contribution >= 0.6 is 0 Å². The summed E-state index contributed by atoms with van der Waals surface area (Å²) in [6.07, 6.45) is 3.00. The van der Waals surface area contributed by atoms with E-state index in [0.717, 1.165) is 25.9 Å². The molecule has 2 rings (SSSR count). The summed E-state index contributed by atoms with van der Waals surface area (Å²) in [6.45, 7) is 2.31. The zero-order valence-electron chi connectivity index (χ0n) is 9.44. The average Bonchev–Trinajstić information content (AvgIpc) is 2.30. The Labute approximate surface area is 95.4 Å². The fourth-order valence-electron chi connectivity index (χ4n) is 1.74. The third kappa shape index (κ3) is 2.83. The predicted molar refractivity (Wildman–Crippen MR) is 60.7 cm³/mol. The second-order valence-corrected chi connectivity index (χ2v) is 4.00. The van der Waals surface area contributed by atoms with Gasteiger partial charge in [0.25, 0.3) is 0 Å². The standard InChI is InChI=1S/C13H16O3/c1-10(14)11-5-4-6-12(9-11)16-13-7-2-3-8-15-13/h4-6,9,13H,2-3,7-8H2,1H3/t13-/m1/s1. The molecule has 1 aliphatic rings. The Hall–Kier alpha value is -1.35. The van der Waals surface area contributed by atoms with Crippen molar-refractivity contribution in [1.29, 1.82) is 0 Å². The second-order valence-electron chi connectivity index (χ2n) is 4.00. The van der Waals surface area contributed by atoms with Crippen molar-refractivity contribution in [2.75, 3.05) is 6.61 Å². The van der Waals surface area contributed by atoms with Crippen molar-refractivity contribution < 1.29 is 14.3 Å². The molecule has 1 aromatic rings. The number of Topliss-reactive ketones (excluding diaryl/α,β-unsaturated/α-hetero) is 1. The largest absolute Gasteiger partial charge is 0.465 e. The molecule has 86 valence electrons. The number of carbonyl (C=O) groups excluding carboxylic acids is 1. The molecule has 0 spiro atoms. The molecule has 1 fully saturated rings. The molecule has 1 saturated heterocycles. The van der Waals surface area contributed by atoms with Crippen molar-refractivity contribution in [3.05, 3.63) is 29.8 Å². The number of ketones is 1. The number of rotatable bonds is 3. The molecule has 16 heavy (non-hydrogen) atoms. The van der Waals surface area contributed by atoms with Crippen molar-refractivity contribution in [3.8, 4) is 5.75 Å². The molecule has 1 aliphatic heterocycles. The van der Waals surface area contributed by atoms with Gasteiger partial charge in [0, 0.05) is 12.0 Å². The van der Waals surface area contributed by atoms with E-state index in [1.54, 1.807) is 19.1 Å². The first-order chi connectivity index (χ1) is 7.75. The molecule has 1 heterocycles. The van der Waals surface area contributed by atoms with Crippen LogP contribution in [-0.2, 0) is 4.74 Å². The lowest BCUT2D eigenvalue weighted by Gasteiger charge is -2.23. The summed E-state index contributed by atoms with van der Waals surface area (Å²) in [4.78, 5) is 11.2. The van der Waals surface area contributed by atoms with E-state index >= 15 is 0 Å². The normalized spacial score (nSPS) is 20.4. The molecule has 0 bridgehead atoms. The summed E-state index contributed by atoms with van der Waals surface area (Å²) < 4.78 is 11.1. The van der Waals surface area contributed by atoms with Gasteiger partial charge in [-0.3, -0.25) is 4.79 Å². The monoisotopic (exact) mass is 220 g/mol. The van der Waals surface area contributed by atoms with Crippen LogP contribution in [0.2, 0.25) is 0 Å². The summed E-state index contributed by atoms with van der Waals surface area (Å²) in [5.41, 5.74) is 0.674. The topological polar surface area (TPSA) is 35.5 Å². The lowest BCUT2D eigenvalue weighted by Crippen LogP contribution is -2.25. The molecule has 0 unspecified atom stereocenters. The van der Waals surface area contributed by atoms with Crippen LogP contribution in [0.5, 0.6) is 5.75 Å². The zero-order valence-corrected chi connectivity index (χ0v) is 9.44. The molecule has 0 radical (unpaired) electrons. The molecule has 0 saturated carbocycles. The predicted octanol–water partition coefficient (Wildman–Crippen LogP) is 2.79. The first kappa shape index (κ1) is 11.1. The van der Waals surface area contributed by atoms with Gasteiger partial charge in [0.2, 0.25) is 0 Å². The third-order valence-corrected chi connectivity index (χ3v) is 2.65. The van der Waals surface area contributed by atoms with Crippen LogP contribution in [0.25, 0.3) is 0 Å². The number of carbonyl (C=O) groups is 1. The highest BCUT2D eigenvalue weighted by Crippen LogP contribution is 2.20. The minimum absolute atomic E-state index is 0.0509. The Bertz CT molecular complexity index is 367. The first-order valence-corrected chi connectivity index (χ1v) is 5.65. The quantitative estimate of drug-likeness (QED) is 0.735. The lowest BCUT2D eigenvalue weighted by atomic mass is 10.1. The Morgan fingerprint density at radius 1 is 1.44 bits per heavy atom. The fourth-order valence-corrected chi connectivity index (χ4v) is 1.74. The number of hydrogen-bond acceptors (Lipinski definition) is 3. The Morgan fingerprint density at radius 3 is 3.00 bits per heavy atom. The molecule has 0 aliphatic carbocycles. The maximum absolute atomic E-state index is 11.2. The van der Waals surface area contributed by atoms with Crippen molar-refractivity contribution in [3.63, 3.8) is 0 Å². The van der Waals surface area contributed by atoms with Crippen LogP contribution < -0.4 is 4.74 Å². The minimum Gasteiger partial charge on any atom is -0.465 e. The van der Waals surface area contributed by atoms with E-state index in [0.29, 0.717) is 11.3 Å². The summed E-state index contributed by atoms with van der Waals surface area (Å²) in [5, 5.41) is 0. The van der Waals surface area contributed by atoms with Crippen molar-refractivity contribution in [1.82, 2.24) is 0 Å². The summed E-state index contributed by atoms with van der Waals surface area (Å²) in [6, 6.07) is 7.23. The van der Waals surface area contributed by atoms with Gasteiger partial charge in [-0.25, -0.2) is 0 Å². The molecule has 0 amide bonds. The zero-order chi connectivity index (χ0) is 11.4. The van der Waals surface area contributed by atoms with Crippen molar-refractivity contribution >= 4 is 5.78 Å². The van der Waals surface area contributed by atoms with E-state index in [1.807, 2.05) is 12.1 Å². The van der Waals surface area contributed by atoms with Gasteiger partial charge in [0.05, 0.1) is 6.61 Å². The number of ether oxygens (including phenoxy) is 2. The van der Waals surface area contributed by atoms with Crippen LogP contribution in [0.15, 0.2) is 24.3 Å². The van der Waals surface area contributed by atoms with E-state index in [1.165, 1.54) is 0 Å². The average molecular weight is 220 g/mol. The summed E-state index contributed by atoms with van der Waals surface area (Å²) >= 11 is 0. The molecule has 3 nitrogen and oxygen atoms in total. The maximum Gasteiger partial charge on any atom is 0.199 e. The van der Waals surface area contributed by atoms with Gasteiger partial charge in [0.15, 0.2) is 12.1 Å². The van der Waals surface area contributed by atoms with E-state index in [4.69, 9.17) is 9.47 Å². The fraction of sp³-hybridized carbons (Fsp3) is 0.462. The molecule has 0 N–H and O–H groups in total. The highest BCUT2D eigenvalue weighted by atomic mass is 16.7. The molecule has 1 aromatic carbocycles. The van der Waals surface area contributed by atoms with Gasteiger partial charge < -0.3 is 9.47 Å². The molecule has 3 heteroatoms. The van der Waals surface area contributed by atoms with E-state index in [-0.39, 0.29) is 12.1 Å². The smallest absolute Gasteiger partial charge is 0.199 e. The van der Waals surface area contributed by atoms with Crippen LogP contribution in [-0.4, -0.2) is 18.7 Å². The first-order valence-electron chi connectivity index (χ1n) is 5.65. The van der Waals surface area contributed by atoms with E-state index in [2.05, 4.69) is 0 Å². The van der Waals surface area contributed by atoms with Gasteiger partial charge >= 0.3 is 0 Å². The highest BCUT2D eigenvalue weighted by Gasteiger charge is 2.15. The van der Waals surface area contributed by atoms with Gasteiger partial charge in [-0.1, -0.05) is 12.1 Å². The van der Waals surface area contributed by atoms with Crippen LogP contribution in [0.3, 0.4) is 0 Å². The highest BCUT2D eigenvalue weighted by molar-refractivity contribution is 5.94. The van der Waals surface area contributed by atoms with E-state index in [9.17, 15) is 4.79 Å². The number of hydrogen-bond donors (Lipinski definition) is 0. The van der Waals surface area contributed by atoms with Crippen LogP contribution in [0.4, 0.5) is 0 Å². The Morgan fingerprint density at radius 2 is 2.31 bits per heavy atom. The third-order valence-electron chi connectivity index (χ3n) is 2.65. The van der Waals surface area contributed by atoms with Crippen molar-refractivity contribution in [2.24, 2.45) is 0 Å². The minimum atomic E-state index is -0.157. The van der Waals surface area contributed by atoms with Gasteiger partial charge in [0.1, 0.15) is 5.75 Å². The van der Waals surface area contributed by atoms with Crippen molar-refractivity contribution in [2.45, 2.75) is 32.5 Å². The Balaban J connectivity index is 2.02. The summed E-state index contributed by atoms with van der Waals surface area (Å²) in [7, 11) is 0. The second kappa shape index (κ2) is 5.12. The lowest BCUT2D eigenvalue weighted by molar-refractivity contribution is -0.105. The van der Waals surface area contributed by atoms with Gasteiger partial charge in [-0.05, 0) is 31.9 Å². The molecule has 0 aromatic heterocycles. The Kier molecular flexibility index (Phi) is 3.57. The maximum atomic E-state index is 11.2. The summed E-state index contributed by atoms with van der Waals surface area (Å²) in [5.74, 6) is 0.759. The SMILES string of the molecule is CC(=O)c1cccc(O[C@@H]2CCCCO2)c1. The van der Waals surface area contributed by atoms with Crippen LogP contribution in [0, 0.1) is 0 Å². The van der Waals surface area contributed by atoms with Gasteiger partial charge in [-0.2, -0.15) is 0 Å². The van der Waals surface area contributed by atoms with Crippen LogP contribution in [0.1, 0.15) is 36.5 Å². The number of benzene rings is 1. The molecular weight excluding hydrogens is 204 g/mol. The molecule has 1 atom stereocenters. The molecular formula is C13H16O3.